The van der Waals surface area contributed by atoms with Gasteiger partial charge in [0.25, 0.3) is 5.91 Å². The summed E-state index contributed by atoms with van der Waals surface area (Å²) in [6.45, 7) is 3.50. The zero-order valence-corrected chi connectivity index (χ0v) is 16.5. The number of amides is 2. The number of allylic oxidation sites excluding steroid dienone is 2. The van der Waals surface area contributed by atoms with Crippen LogP contribution in [0.4, 0.5) is 0 Å². The summed E-state index contributed by atoms with van der Waals surface area (Å²) >= 11 is 1.63. The summed E-state index contributed by atoms with van der Waals surface area (Å²) in [5, 5.41) is 0.957. The van der Waals surface area contributed by atoms with Crippen LogP contribution >= 0.6 is 11.3 Å². The van der Waals surface area contributed by atoms with E-state index in [1.165, 1.54) is 0 Å². The van der Waals surface area contributed by atoms with Crippen molar-refractivity contribution >= 4 is 33.4 Å². The van der Waals surface area contributed by atoms with Crippen molar-refractivity contribution in [3.8, 4) is 0 Å². The molecule has 0 spiro atoms. The fourth-order valence-electron chi connectivity index (χ4n) is 3.56. The molecule has 7 heteroatoms. The second-order valence-corrected chi connectivity index (χ2v) is 8.01. The number of carbonyl (C=O) groups excluding carboxylic acids is 2. The van der Waals surface area contributed by atoms with Crippen LogP contribution in [-0.2, 0) is 4.79 Å². The van der Waals surface area contributed by atoms with Crippen molar-refractivity contribution in [3.63, 3.8) is 0 Å². The van der Waals surface area contributed by atoms with Crippen molar-refractivity contribution in [2.75, 3.05) is 0 Å². The van der Waals surface area contributed by atoms with Gasteiger partial charge < -0.3 is 4.42 Å². The third kappa shape index (κ3) is 3.57. The molecule has 2 atom stereocenters. The number of nitrogens with zero attached hydrogens (tertiary/aromatic N) is 1. The van der Waals surface area contributed by atoms with Gasteiger partial charge >= 0.3 is 0 Å². The van der Waals surface area contributed by atoms with E-state index in [4.69, 9.17) is 9.40 Å². The van der Waals surface area contributed by atoms with E-state index >= 15 is 0 Å². The number of furan rings is 1. The molecule has 1 aliphatic rings. The van der Waals surface area contributed by atoms with Gasteiger partial charge in [-0.15, -0.1) is 11.3 Å². The second kappa shape index (κ2) is 7.59. The van der Waals surface area contributed by atoms with Crippen LogP contribution in [0.15, 0.2) is 46.9 Å². The monoisotopic (exact) mass is 395 g/mol. The Morgan fingerprint density at radius 2 is 1.93 bits per heavy atom. The van der Waals surface area contributed by atoms with Crippen LogP contribution in [0.2, 0.25) is 0 Å². The largest absolute Gasteiger partial charge is 0.466 e. The molecule has 0 radical (unpaired) electrons. The van der Waals surface area contributed by atoms with E-state index in [0.29, 0.717) is 23.5 Å². The molecule has 28 heavy (non-hydrogen) atoms. The lowest BCUT2D eigenvalue weighted by molar-refractivity contribution is -0.126. The minimum absolute atomic E-state index is 0.00259. The summed E-state index contributed by atoms with van der Waals surface area (Å²) in [5.74, 6) is 0.306. The molecule has 1 aromatic carbocycles. The number of carbonyl (C=O) groups is 2. The molecule has 2 unspecified atom stereocenters. The first-order valence-electron chi connectivity index (χ1n) is 9.20. The van der Waals surface area contributed by atoms with Gasteiger partial charge in [0.1, 0.15) is 11.5 Å². The Bertz CT molecular complexity index is 1030. The Morgan fingerprint density at radius 1 is 1.14 bits per heavy atom. The number of hydrogen-bond donors (Lipinski definition) is 2. The smallest absolute Gasteiger partial charge is 0.273 e. The van der Waals surface area contributed by atoms with Crippen molar-refractivity contribution < 1.29 is 14.0 Å². The lowest BCUT2D eigenvalue weighted by Gasteiger charge is -2.26. The quantitative estimate of drug-likeness (QED) is 0.518. The second-order valence-electron chi connectivity index (χ2n) is 6.95. The number of benzene rings is 1. The molecule has 0 fully saturated rings. The SMILES string of the molecule is Cc1cc(C(=O)NNC(=O)C2CC=CCC2c2nc3ccccc3s2)c(C)o1. The molecule has 0 aliphatic heterocycles. The van der Waals surface area contributed by atoms with E-state index in [9.17, 15) is 9.59 Å². The van der Waals surface area contributed by atoms with E-state index in [0.717, 1.165) is 21.6 Å². The molecule has 0 saturated carbocycles. The number of nitrogens with one attached hydrogen (secondary N) is 2. The fraction of sp³-hybridized carbons (Fsp3) is 0.286. The molecular formula is C21H21N3O3S. The number of fused-ring (bicyclic) bond motifs is 1. The maximum atomic E-state index is 12.8. The number of para-hydroxylation sites is 1. The highest BCUT2D eigenvalue weighted by molar-refractivity contribution is 7.18. The highest BCUT2D eigenvalue weighted by atomic mass is 32.1. The first-order chi connectivity index (χ1) is 13.5. The van der Waals surface area contributed by atoms with Gasteiger partial charge in [0.15, 0.2) is 0 Å². The minimum atomic E-state index is -0.384. The maximum absolute atomic E-state index is 12.8. The third-order valence-electron chi connectivity index (χ3n) is 4.98. The van der Waals surface area contributed by atoms with Crippen LogP contribution in [0.5, 0.6) is 0 Å². The molecule has 4 rings (SSSR count). The molecule has 0 bridgehead atoms. The van der Waals surface area contributed by atoms with Gasteiger partial charge in [-0.1, -0.05) is 24.3 Å². The Morgan fingerprint density at radius 3 is 2.68 bits per heavy atom. The van der Waals surface area contributed by atoms with E-state index in [1.54, 1.807) is 31.3 Å². The molecule has 144 valence electrons. The predicted molar refractivity (Wildman–Crippen MR) is 108 cm³/mol. The van der Waals surface area contributed by atoms with E-state index < -0.39 is 0 Å². The predicted octanol–water partition coefficient (Wildman–Crippen LogP) is 4.02. The maximum Gasteiger partial charge on any atom is 0.273 e. The molecule has 6 nitrogen and oxygen atoms in total. The third-order valence-corrected chi connectivity index (χ3v) is 6.15. The molecule has 0 saturated heterocycles. The number of hydrazine groups is 1. The lowest BCUT2D eigenvalue weighted by atomic mass is 9.83. The summed E-state index contributed by atoms with van der Waals surface area (Å²) in [4.78, 5) is 29.9. The molecule has 2 heterocycles. The highest BCUT2D eigenvalue weighted by Crippen LogP contribution is 2.38. The molecule has 1 aliphatic carbocycles. The van der Waals surface area contributed by atoms with Gasteiger partial charge in [-0.3, -0.25) is 20.4 Å². The topological polar surface area (TPSA) is 84.2 Å². The van der Waals surface area contributed by atoms with Gasteiger partial charge in [-0.25, -0.2) is 4.98 Å². The van der Waals surface area contributed by atoms with Crippen molar-refractivity contribution in [3.05, 3.63) is 64.6 Å². The summed E-state index contributed by atoms with van der Waals surface area (Å²) < 4.78 is 6.49. The van der Waals surface area contributed by atoms with Crippen LogP contribution < -0.4 is 10.9 Å². The number of rotatable bonds is 3. The summed E-state index contributed by atoms with van der Waals surface area (Å²) in [6.07, 6.45) is 5.48. The molecule has 2 aromatic heterocycles. The normalized spacial score (nSPS) is 18.9. The van der Waals surface area contributed by atoms with Gasteiger partial charge in [-0.05, 0) is 44.9 Å². The van der Waals surface area contributed by atoms with Gasteiger partial charge in [0.05, 0.1) is 26.7 Å². The first-order valence-corrected chi connectivity index (χ1v) is 10.0. The van der Waals surface area contributed by atoms with E-state index in [-0.39, 0.29) is 23.7 Å². The number of hydrogen-bond acceptors (Lipinski definition) is 5. The van der Waals surface area contributed by atoms with Crippen molar-refractivity contribution in [1.29, 1.82) is 0 Å². The van der Waals surface area contributed by atoms with Crippen molar-refractivity contribution in [2.45, 2.75) is 32.6 Å². The van der Waals surface area contributed by atoms with Crippen LogP contribution in [0.25, 0.3) is 10.2 Å². The van der Waals surface area contributed by atoms with Gasteiger partial charge in [0, 0.05) is 5.92 Å². The van der Waals surface area contributed by atoms with E-state index in [1.807, 2.05) is 30.3 Å². The Balaban J connectivity index is 1.48. The van der Waals surface area contributed by atoms with E-state index in [2.05, 4.69) is 16.9 Å². The zero-order valence-electron chi connectivity index (χ0n) is 15.7. The number of thiazole rings is 1. The van der Waals surface area contributed by atoms with Gasteiger partial charge in [0.2, 0.25) is 5.91 Å². The first kappa shape index (κ1) is 18.4. The molecule has 3 aromatic rings. The highest BCUT2D eigenvalue weighted by Gasteiger charge is 2.32. The molecular weight excluding hydrogens is 374 g/mol. The average Bonchev–Trinajstić information content (AvgIpc) is 3.28. The summed E-state index contributed by atoms with van der Waals surface area (Å²) in [5.41, 5.74) is 6.47. The average molecular weight is 395 g/mol. The van der Waals surface area contributed by atoms with Crippen molar-refractivity contribution in [2.24, 2.45) is 5.92 Å². The lowest BCUT2D eigenvalue weighted by Crippen LogP contribution is -2.46. The standard InChI is InChI=1S/C21H21N3O3S/c1-12-11-16(13(2)27-12)20(26)24-23-19(25)14-7-3-4-8-15(14)21-22-17-9-5-6-10-18(17)28-21/h3-6,9-11,14-15H,7-8H2,1-2H3,(H,23,25)(H,24,26). The van der Waals surface area contributed by atoms with Crippen LogP contribution in [0, 0.1) is 19.8 Å². The number of aromatic nitrogens is 1. The Labute approximate surface area is 166 Å². The van der Waals surface area contributed by atoms with Crippen LogP contribution in [0.1, 0.15) is 45.6 Å². The Hall–Kier alpha value is -2.93. The summed E-state index contributed by atoms with van der Waals surface area (Å²) in [7, 11) is 0. The van der Waals surface area contributed by atoms with Gasteiger partial charge in [-0.2, -0.15) is 0 Å². The van der Waals surface area contributed by atoms with Crippen LogP contribution in [0.3, 0.4) is 0 Å². The minimum Gasteiger partial charge on any atom is -0.466 e. The fourth-order valence-corrected chi connectivity index (χ4v) is 4.71. The zero-order chi connectivity index (χ0) is 19.7. The molecule has 2 amide bonds. The molecule has 2 N–H and O–H groups in total. The Kier molecular flexibility index (Phi) is 5.00. The summed E-state index contributed by atoms with van der Waals surface area (Å²) in [6, 6.07) is 9.64. The number of aryl methyl sites for hydroxylation is 2. The van der Waals surface area contributed by atoms with Crippen LogP contribution in [-0.4, -0.2) is 16.8 Å². The van der Waals surface area contributed by atoms with Crippen molar-refractivity contribution in [1.82, 2.24) is 15.8 Å².